The topological polar surface area (TPSA) is 84.5 Å². The van der Waals surface area contributed by atoms with E-state index >= 15 is 0 Å². The third kappa shape index (κ3) is 5.92. The maximum Gasteiger partial charge on any atom is 0.251 e. The first-order chi connectivity index (χ1) is 11.3. The van der Waals surface area contributed by atoms with Gasteiger partial charge in [0.25, 0.3) is 5.91 Å². The average molecular weight is 348 g/mol. The number of anilines is 1. The quantitative estimate of drug-likeness (QED) is 0.751. The number of hydrogen-bond donors (Lipinski definition) is 2. The molecular weight excluding hydrogens is 328 g/mol. The van der Waals surface area contributed by atoms with Gasteiger partial charge in [-0.05, 0) is 37.3 Å². The van der Waals surface area contributed by atoms with E-state index in [0.29, 0.717) is 24.4 Å². The fourth-order valence-corrected chi connectivity index (χ4v) is 2.56. The van der Waals surface area contributed by atoms with Gasteiger partial charge in [0.15, 0.2) is 0 Å². The summed E-state index contributed by atoms with van der Waals surface area (Å²) in [4.78, 5) is 12.1. The van der Waals surface area contributed by atoms with Crippen LogP contribution in [-0.4, -0.2) is 33.7 Å². The summed E-state index contributed by atoms with van der Waals surface area (Å²) in [5.41, 5.74) is 1.87. The highest BCUT2D eigenvalue weighted by atomic mass is 32.2. The van der Waals surface area contributed by atoms with Crippen LogP contribution in [0.3, 0.4) is 0 Å². The molecule has 2 rings (SSSR count). The molecule has 0 aliphatic heterocycles. The zero-order valence-electron chi connectivity index (χ0n) is 13.6. The smallest absolute Gasteiger partial charge is 0.251 e. The first kappa shape index (κ1) is 17.8. The second-order valence-electron chi connectivity index (χ2n) is 5.37. The highest BCUT2D eigenvalue weighted by Gasteiger charge is 2.08. The number of aryl methyl sites for hydroxylation is 1. The minimum absolute atomic E-state index is 0.292. The van der Waals surface area contributed by atoms with Crippen molar-refractivity contribution < 1.29 is 17.9 Å². The maximum atomic E-state index is 12.1. The number of benzene rings is 2. The molecule has 0 bridgehead atoms. The first-order valence-electron chi connectivity index (χ1n) is 7.39. The van der Waals surface area contributed by atoms with E-state index in [-0.39, 0.29) is 5.91 Å². The molecular formula is C17H20N2O4S. The Kier molecular flexibility index (Phi) is 5.81. The number of carbonyl (C=O) groups is 1. The molecule has 0 heterocycles. The van der Waals surface area contributed by atoms with Crippen molar-refractivity contribution in [3.8, 4) is 5.75 Å². The fourth-order valence-electron chi connectivity index (χ4n) is 2.01. The molecule has 0 aliphatic carbocycles. The van der Waals surface area contributed by atoms with Crippen molar-refractivity contribution in [3.05, 3.63) is 59.7 Å². The van der Waals surface area contributed by atoms with Crippen LogP contribution in [0.15, 0.2) is 48.5 Å². The molecule has 0 saturated heterocycles. The van der Waals surface area contributed by atoms with Crippen LogP contribution in [0.1, 0.15) is 15.9 Å². The minimum atomic E-state index is -3.38. The van der Waals surface area contributed by atoms with Crippen LogP contribution in [0.4, 0.5) is 5.69 Å². The Morgan fingerprint density at radius 2 is 1.83 bits per heavy atom. The van der Waals surface area contributed by atoms with Gasteiger partial charge in [0.05, 0.1) is 12.8 Å². The molecule has 0 radical (unpaired) electrons. The molecule has 0 unspecified atom stereocenters. The van der Waals surface area contributed by atoms with Gasteiger partial charge in [0.1, 0.15) is 12.4 Å². The van der Waals surface area contributed by atoms with E-state index in [2.05, 4.69) is 10.0 Å². The van der Waals surface area contributed by atoms with Crippen LogP contribution < -0.4 is 14.8 Å². The zero-order valence-corrected chi connectivity index (χ0v) is 14.4. The van der Waals surface area contributed by atoms with Crippen molar-refractivity contribution in [2.24, 2.45) is 0 Å². The number of rotatable bonds is 7. The van der Waals surface area contributed by atoms with Gasteiger partial charge >= 0.3 is 0 Å². The molecule has 0 atom stereocenters. The van der Waals surface area contributed by atoms with Gasteiger partial charge in [0, 0.05) is 11.3 Å². The van der Waals surface area contributed by atoms with Crippen molar-refractivity contribution >= 4 is 21.6 Å². The predicted octanol–water partition coefficient (Wildman–Crippen LogP) is 2.18. The number of hydrogen-bond acceptors (Lipinski definition) is 4. The van der Waals surface area contributed by atoms with Crippen molar-refractivity contribution in [3.63, 3.8) is 0 Å². The molecule has 0 fully saturated rings. The summed E-state index contributed by atoms with van der Waals surface area (Å²) in [6.45, 7) is 2.68. The lowest BCUT2D eigenvalue weighted by atomic mass is 10.2. The number of sulfonamides is 1. The van der Waals surface area contributed by atoms with Crippen molar-refractivity contribution in [2.45, 2.75) is 6.92 Å². The molecule has 0 spiro atoms. The zero-order chi connectivity index (χ0) is 17.6. The van der Waals surface area contributed by atoms with Crippen molar-refractivity contribution in [2.75, 3.05) is 24.1 Å². The Bertz CT molecular complexity index is 802. The van der Waals surface area contributed by atoms with Gasteiger partial charge in [-0.2, -0.15) is 0 Å². The largest absolute Gasteiger partial charge is 0.492 e. The summed E-state index contributed by atoms with van der Waals surface area (Å²) in [5.74, 6) is 0.453. The first-order valence-corrected chi connectivity index (χ1v) is 9.28. The second kappa shape index (κ2) is 7.83. The van der Waals surface area contributed by atoms with E-state index in [9.17, 15) is 13.2 Å². The highest BCUT2D eigenvalue weighted by molar-refractivity contribution is 7.92. The molecule has 6 nitrogen and oxygen atoms in total. The Hall–Kier alpha value is -2.54. The standard InChI is InChI=1S/C17H20N2O4S/c1-13-6-8-16(9-7-13)23-11-10-18-17(20)14-4-3-5-15(12-14)19-24(2,21)22/h3-9,12,19H,10-11H2,1-2H3,(H,18,20). The van der Waals surface area contributed by atoms with Crippen LogP contribution in [0.5, 0.6) is 5.75 Å². The molecule has 2 aromatic carbocycles. The van der Waals surface area contributed by atoms with Crippen LogP contribution >= 0.6 is 0 Å². The fraction of sp³-hybridized carbons (Fsp3) is 0.235. The Morgan fingerprint density at radius 3 is 2.50 bits per heavy atom. The van der Waals surface area contributed by atoms with Gasteiger partial charge in [-0.1, -0.05) is 23.8 Å². The molecule has 0 saturated carbocycles. The third-order valence-corrected chi connectivity index (χ3v) is 3.71. The Labute approximate surface area is 141 Å². The summed E-state index contributed by atoms with van der Waals surface area (Å²) in [6.07, 6.45) is 1.06. The SMILES string of the molecule is Cc1ccc(OCCNC(=O)c2cccc(NS(C)(=O)=O)c2)cc1. The third-order valence-electron chi connectivity index (χ3n) is 3.11. The lowest BCUT2D eigenvalue weighted by molar-refractivity contribution is 0.0947. The van der Waals surface area contributed by atoms with Crippen LogP contribution in [-0.2, 0) is 10.0 Å². The van der Waals surface area contributed by atoms with E-state index < -0.39 is 10.0 Å². The second-order valence-corrected chi connectivity index (χ2v) is 7.12. The van der Waals surface area contributed by atoms with Gasteiger partial charge in [-0.15, -0.1) is 0 Å². The minimum Gasteiger partial charge on any atom is -0.492 e. The van der Waals surface area contributed by atoms with E-state index in [0.717, 1.165) is 17.6 Å². The number of carbonyl (C=O) groups excluding carboxylic acids is 1. The molecule has 0 aliphatic rings. The normalized spacial score (nSPS) is 10.9. The lowest BCUT2D eigenvalue weighted by Crippen LogP contribution is -2.28. The van der Waals surface area contributed by atoms with Gasteiger partial charge in [-0.3, -0.25) is 9.52 Å². The van der Waals surface area contributed by atoms with Crippen molar-refractivity contribution in [1.82, 2.24) is 5.32 Å². The molecule has 2 N–H and O–H groups in total. The molecule has 0 aromatic heterocycles. The predicted molar refractivity (Wildman–Crippen MR) is 93.9 cm³/mol. The monoisotopic (exact) mass is 348 g/mol. The molecule has 128 valence electrons. The Morgan fingerprint density at radius 1 is 1.12 bits per heavy atom. The lowest BCUT2D eigenvalue weighted by Gasteiger charge is -2.09. The molecule has 2 aromatic rings. The molecule has 1 amide bonds. The maximum absolute atomic E-state index is 12.1. The summed E-state index contributed by atoms with van der Waals surface area (Å²) in [7, 11) is -3.38. The van der Waals surface area contributed by atoms with Gasteiger partial charge in [-0.25, -0.2) is 8.42 Å². The van der Waals surface area contributed by atoms with E-state index in [1.165, 1.54) is 6.07 Å². The Balaban J connectivity index is 1.84. The highest BCUT2D eigenvalue weighted by Crippen LogP contribution is 2.12. The van der Waals surface area contributed by atoms with Gasteiger partial charge < -0.3 is 10.1 Å². The summed E-state index contributed by atoms with van der Waals surface area (Å²) < 4.78 is 30.3. The number of nitrogens with one attached hydrogen (secondary N) is 2. The van der Waals surface area contributed by atoms with Crippen LogP contribution in [0.25, 0.3) is 0 Å². The van der Waals surface area contributed by atoms with E-state index in [1.54, 1.807) is 18.2 Å². The summed E-state index contributed by atoms with van der Waals surface area (Å²) in [6, 6.07) is 13.9. The van der Waals surface area contributed by atoms with E-state index in [4.69, 9.17) is 4.74 Å². The van der Waals surface area contributed by atoms with Gasteiger partial charge in [0.2, 0.25) is 10.0 Å². The van der Waals surface area contributed by atoms with E-state index in [1.807, 2.05) is 31.2 Å². The number of amides is 1. The van der Waals surface area contributed by atoms with Crippen LogP contribution in [0.2, 0.25) is 0 Å². The molecule has 7 heteroatoms. The molecule has 24 heavy (non-hydrogen) atoms. The summed E-state index contributed by atoms with van der Waals surface area (Å²) >= 11 is 0. The van der Waals surface area contributed by atoms with Crippen LogP contribution in [0, 0.1) is 6.92 Å². The van der Waals surface area contributed by atoms with Crippen molar-refractivity contribution in [1.29, 1.82) is 0 Å². The number of ether oxygens (including phenoxy) is 1. The summed E-state index contributed by atoms with van der Waals surface area (Å²) in [5, 5.41) is 2.73. The average Bonchev–Trinajstić information content (AvgIpc) is 2.51.